The van der Waals surface area contributed by atoms with Crippen LogP contribution in [-0.4, -0.2) is 31.2 Å². The highest BCUT2D eigenvalue weighted by Gasteiger charge is 2.36. The fraction of sp³-hybridized carbons (Fsp3) is 0.258. The maximum absolute atomic E-state index is 13.8. The Morgan fingerprint density at radius 2 is 1.66 bits per heavy atom. The van der Waals surface area contributed by atoms with Crippen LogP contribution in [0.3, 0.4) is 0 Å². The first kappa shape index (κ1) is 29.4. The van der Waals surface area contributed by atoms with Crippen molar-refractivity contribution < 1.29 is 17.9 Å². The number of hydrogen-bond donors (Lipinski definition) is 1. The molecule has 0 aliphatic heterocycles. The van der Waals surface area contributed by atoms with Gasteiger partial charge in [0, 0.05) is 36.5 Å². The highest BCUT2D eigenvalue weighted by atomic mass is 35.5. The van der Waals surface area contributed by atoms with Crippen LogP contribution < -0.4 is 21.3 Å². The van der Waals surface area contributed by atoms with Crippen LogP contribution in [0, 0.1) is 6.92 Å². The first-order valence-electron chi connectivity index (χ1n) is 13.7. The van der Waals surface area contributed by atoms with Crippen molar-refractivity contribution in [3.05, 3.63) is 90.8 Å². The van der Waals surface area contributed by atoms with Gasteiger partial charge in [0.05, 0.1) is 17.8 Å². The maximum atomic E-state index is 13.8. The Hall–Kier alpha value is -4.71. The molecule has 0 spiro atoms. The Balaban J connectivity index is 1.49. The molecule has 0 saturated heterocycles. The summed E-state index contributed by atoms with van der Waals surface area (Å²) >= 11 is 7.01. The second kappa shape index (κ2) is 10.8. The van der Waals surface area contributed by atoms with Gasteiger partial charge in [0.15, 0.2) is 5.65 Å². The van der Waals surface area contributed by atoms with Gasteiger partial charge in [0.25, 0.3) is 5.56 Å². The van der Waals surface area contributed by atoms with E-state index in [4.69, 9.17) is 21.3 Å². The molecule has 0 bridgehead atoms. The molecule has 3 aromatic heterocycles. The van der Waals surface area contributed by atoms with Crippen molar-refractivity contribution in [2.24, 2.45) is 14.1 Å². The number of alkyl halides is 3. The van der Waals surface area contributed by atoms with E-state index in [1.165, 1.54) is 19.7 Å². The molecule has 1 aliphatic carbocycles. The normalized spacial score (nSPS) is 12.9. The van der Waals surface area contributed by atoms with Crippen molar-refractivity contribution in [3.63, 3.8) is 0 Å². The molecule has 2 aromatic carbocycles. The van der Waals surface area contributed by atoms with Crippen LogP contribution in [-0.2, 0) is 33.1 Å². The van der Waals surface area contributed by atoms with E-state index in [0.717, 1.165) is 34.0 Å². The molecule has 6 rings (SSSR count). The predicted octanol–water partition coefficient (Wildman–Crippen LogP) is 5.98. The van der Waals surface area contributed by atoms with E-state index in [0.29, 0.717) is 44.5 Å². The monoisotopic (exact) mass is 622 g/mol. The molecule has 9 nitrogen and oxygen atoms in total. The van der Waals surface area contributed by atoms with Crippen molar-refractivity contribution in [3.8, 4) is 28.3 Å². The lowest BCUT2D eigenvalue weighted by atomic mass is 9.96. The lowest BCUT2D eigenvalue weighted by Gasteiger charge is -2.18. The summed E-state index contributed by atoms with van der Waals surface area (Å²) in [5.41, 5.74) is 3.96. The number of nitrogens with one attached hydrogen (secondary N) is 1. The second-order valence-corrected chi connectivity index (χ2v) is 11.0. The number of benzene rings is 2. The summed E-state index contributed by atoms with van der Waals surface area (Å²) in [6, 6.07) is 12.8. The van der Waals surface area contributed by atoms with E-state index < -0.39 is 28.9 Å². The van der Waals surface area contributed by atoms with Gasteiger partial charge in [-0.25, -0.2) is 19.7 Å². The molecule has 0 saturated carbocycles. The van der Waals surface area contributed by atoms with Crippen molar-refractivity contribution in [1.82, 2.24) is 24.1 Å². The van der Waals surface area contributed by atoms with E-state index >= 15 is 0 Å². The third-order valence-electron chi connectivity index (χ3n) is 7.95. The highest BCUT2D eigenvalue weighted by Crippen LogP contribution is 2.41. The number of pyridine rings is 1. The lowest BCUT2D eigenvalue weighted by Crippen LogP contribution is -2.38. The fourth-order valence-corrected chi connectivity index (χ4v) is 5.98. The highest BCUT2D eigenvalue weighted by molar-refractivity contribution is 6.36. The number of halogens is 4. The smallest absolute Gasteiger partial charge is 0.451 e. The van der Waals surface area contributed by atoms with E-state index in [-0.39, 0.29) is 11.2 Å². The van der Waals surface area contributed by atoms with Gasteiger partial charge in [-0.15, -0.1) is 0 Å². The van der Waals surface area contributed by atoms with E-state index in [1.807, 2.05) is 30.3 Å². The van der Waals surface area contributed by atoms with Gasteiger partial charge in [-0.2, -0.15) is 13.2 Å². The molecule has 3 heterocycles. The molecule has 0 radical (unpaired) electrons. The molecule has 1 aliphatic rings. The number of hydrogen-bond acceptors (Lipinski definition) is 7. The zero-order valence-corrected chi connectivity index (χ0v) is 24.9. The van der Waals surface area contributed by atoms with Crippen LogP contribution in [0.15, 0.2) is 52.1 Å². The van der Waals surface area contributed by atoms with Crippen molar-refractivity contribution in [1.29, 1.82) is 0 Å². The summed E-state index contributed by atoms with van der Waals surface area (Å²) in [7, 11) is 4.07. The summed E-state index contributed by atoms with van der Waals surface area (Å²) in [4.78, 5) is 37.5. The topological polar surface area (TPSA) is 104 Å². The van der Waals surface area contributed by atoms with Crippen LogP contribution in [0.2, 0.25) is 5.02 Å². The Labute approximate surface area is 254 Å². The van der Waals surface area contributed by atoms with E-state index in [9.17, 15) is 22.8 Å². The number of fused-ring (bicyclic) bond motifs is 2. The number of methoxy groups -OCH3 is 1. The van der Waals surface area contributed by atoms with Gasteiger partial charge in [-0.1, -0.05) is 41.9 Å². The minimum atomic E-state index is -4.93. The van der Waals surface area contributed by atoms with Gasteiger partial charge >= 0.3 is 11.9 Å². The minimum Gasteiger partial charge on any atom is -0.481 e. The molecule has 0 atom stereocenters. The fourth-order valence-electron chi connectivity index (χ4n) is 5.66. The van der Waals surface area contributed by atoms with Crippen molar-refractivity contribution >= 4 is 34.1 Å². The van der Waals surface area contributed by atoms with Crippen molar-refractivity contribution in [2.75, 3.05) is 12.4 Å². The van der Waals surface area contributed by atoms with Gasteiger partial charge in [-0.05, 0) is 55.0 Å². The standard InChI is InChI=1S/C31H26ClF3N6O3/c1-15-17(19-11-6-12-20(24(19)32)22-14-16-8-5-10-18(16)27(37-22)44-4)9-7-13-21(15)36-25-23-26(39-29(38-25)31(33,34)35)40(2)30(43)41(3)28(23)42/h6-7,9,11-14H,5,8,10H2,1-4H3,(H,36,38,39). The molecule has 0 amide bonds. The molecule has 226 valence electrons. The Kier molecular flexibility index (Phi) is 7.19. The number of rotatable bonds is 5. The van der Waals surface area contributed by atoms with Crippen LogP contribution in [0.25, 0.3) is 33.4 Å². The molecule has 1 N–H and O–H groups in total. The lowest BCUT2D eigenvalue weighted by molar-refractivity contribution is -0.144. The molecule has 5 aromatic rings. The van der Waals surface area contributed by atoms with Crippen LogP contribution in [0.5, 0.6) is 5.88 Å². The number of anilines is 2. The Morgan fingerprint density at radius 3 is 2.39 bits per heavy atom. The molecule has 0 fully saturated rings. The molecular weight excluding hydrogens is 597 g/mol. The zero-order valence-electron chi connectivity index (χ0n) is 24.1. The first-order valence-corrected chi connectivity index (χ1v) is 14.1. The molecular formula is C31H26ClF3N6O3. The molecule has 13 heteroatoms. The average molecular weight is 623 g/mol. The van der Waals surface area contributed by atoms with Gasteiger partial charge < -0.3 is 10.1 Å². The summed E-state index contributed by atoms with van der Waals surface area (Å²) in [6.07, 6.45) is -2.07. The Morgan fingerprint density at radius 1 is 0.955 bits per heavy atom. The molecule has 0 unspecified atom stereocenters. The van der Waals surface area contributed by atoms with Crippen molar-refractivity contribution in [2.45, 2.75) is 32.4 Å². The average Bonchev–Trinajstić information content (AvgIpc) is 3.48. The third kappa shape index (κ3) is 4.79. The van der Waals surface area contributed by atoms with E-state index in [2.05, 4.69) is 15.3 Å². The third-order valence-corrected chi connectivity index (χ3v) is 8.36. The minimum absolute atomic E-state index is 0.260. The largest absolute Gasteiger partial charge is 0.481 e. The number of aromatic nitrogens is 5. The predicted molar refractivity (Wildman–Crippen MR) is 162 cm³/mol. The molecule has 44 heavy (non-hydrogen) atoms. The van der Waals surface area contributed by atoms with Gasteiger partial charge in [0.2, 0.25) is 11.7 Å². The quantitative estimate of drug-likeness (QED) is 0.257. The number of ether oxygens (including phenoxy) is 1. The van der Waals surface area contributed by atoms with E-state index in [1.54, 1.807) is 26.2 Å². The van der Waals surface area contributed by atoms with Gasteiger partial charge in [-0.3, -0.25) is 13.9 Å². The summed E-state index contributed by atoms with van der Waals surface area (Å²) < 4.78 is 48.7. The summed E-state index contributed by atoms with van der Waals surface area (Å²) in [5, 5.41) is 3.09. The summed E-state index contributed by atoms with van der Waals surface area (Å²) in [5.74, 6) is -1.29. The first-order chi connectivity index (χ1) is 20.9. The van der Waals surface area contributed by atoms with Crippen LogP contribution in [0.4, 0.5) is 24.7 Å². The SMILES string of the molecule is COc1nc(-c2cccc(-c3cccc(Nc4nc(C(F)(F)F)nc5c4c(=O)n(C)c(=O)n5C)c3C)c2Cl)cc2c1CCC2. The number of aryl methyl sites for hydroxylation is 2. The Bertz CT molecular complexity index is 2110. The zero-order chi connectivity index (χ0) is 31.5. The number of nitrogens with zero attached hydrogens (tertiary/aromatic N) is 5. The summed E-state index contributed by atoms with van der Waals surface area (Å²) in [6.45, 7) is 1.78. The van der Waals surface area contributed by atoms with Crippen LogP contribution in [0.1, 0.15) is 28.9 Å². The van der Waals surface area contributed by atoms with Gasteiger partial charge in [0.1, 0.15) is 11.2 Å². The maximum Gasteiger partial charge on any atom is 0.451 e. The second-order valence-electron chi connectivity index (χ2n) is 10.6. The van der Waals surface area contributed by atoms with Crippen LogP contribution >= 0.6 is 11.6 Å².